The van der Waals surface area contributed by atoms with Gasteiger partial charge < -0.3 is 5.32 Å². The smallest absolute Gasteiger partial charge is 0.355 e. The molecule has 0 saturated carbocycles. The monoisotopic (exact) mass is 493 g/mol. The third kappa shape index (κ3) is 4.30. The molecule has 1 aromatic carbocycles. The van der Waals surface area contributed by atoms with Crippen LogP contribution in [0.4, 0.5) is 13.2 Å². The summed E-state index contributed by atoms with van der Waals surface area (Å²) in [5, 5.41) is 3.18. The lowest BCUT2D eigenvalue weighted by molar-refractivity contribution is -0.137. The Bertz CT molecular complexity index is 1280. The average molecular weight is 494 g/mol. The molecule has 2 aromatic heterocycles. The van der Waals surface area contributed by atoms with Crippen LogP contribution in [0.15, 0.2) is 34.2 Å². The summed E-state index contributed by atoms with van der Waals surface area (Å²) in [6, 6.07) is 4.74. The summed E-state index contributed by atoms with van der Waals surface area (Å²) < 4.78 is 41.5. The highest BCUT2D eigenvalue weighted by molar-refractivity contribution is 8.00. The molecule has 10 heteroatoms. The first-order valence-corrected chi connectivity index (χ1v) is 12.7. The molecule has 1 unspecified atom stereocenters. The van der Waals surface area contributed by atoms with Gasteiger partial charge in [0.05, 0.1) is 21.9 Å². The van der Waals surface area contributed by atoms with Gasteiger partial charge in [-0.1, -0.05) is 24.2 Å². The van der Waals surface area contributed by atoms with Gasteiger partial charge in [-0.05, 0) is 62.3 Å². The van der Waals surface area contributed by atoms with Gasteiger partial charge in [0.25, 0.3) is 5.56 Å². The molecule has 1 N–H and O–H groups in total. The van der Waals surface area contributed by atoms with Crippen molar-refractivity contribution in [2.45, 2.75) is 61.5 Å². The lowest BCUT2D eigenvalue weighted by Gasteiger charge is -2.18. The zero-order chi connectivity index (χ0) is 23.2. The van der Waals surface area contributed by atoms with Crippen molar-refractivity contribution in [3.8, 4) is 5.69 Å². The van der Waals surface area contributed by atoms with Crippen LogP contribution >= 0.6 is 23.1 Å². The number of hydrogen-bond acceptors (Lipinski definition) is 5. The first-order chi connectivity index (χ1) is 15.8. The second-order valence-electron chi connectivity index (χ2n) is 8.37. The van der Waals surface area contributed by atoms with Gasteiger partial charge in [0.1, 0.15) is 4.83 Å². The number of halogens is 3. The summed E-state index contributed by atoms with van der Waals surface area (Å²) in [4.78, 5) is 32.8. The minimum atomic E-state index is -4.53. The Kier molecular flexibility index (Phi) is 5.98. The number of hydrogen-bond donors (Lipinski definition) is 1. The number of amides is 1. The van der Waals surface area contributed by atoms with Gasteiger partial charge in [-0.3, -0.25) is 14.2 Å². The van der Waals surface area contributed by atoms with Crippen LogP contribution in [-0.4, -0.2) is 27.3 Å². The summed E-state index contributed by atoms with van der Waals surface area (Å²) in [5.74, 6) is -0.132. The highest BCUT2D eigenvalue weighted by Gasteiger charge is 2.32. The van der Waals surface area contributed by atoms with Crippen LogP contribution in [0.1, 0.15) is 48.1 Å². The quantitative estimate of drug-likeness (QED) is 0.516. The number of carbonyl (C=O) groups excluding carboxylic acids is 1. The number of fused-ring (bicyclic) bond motifs is 3. The Morgan fingerprint density at radius 1 is 1.12 bits per heavy atom. The van der Waals surface area contributed by atoms with E-state index in [9.17, 15) is 22.8 Å². The Balaban J connectivity index is 1.71. The van der Waals surface area contributed by atoms with Crippen molar-refractivity contribution in [3.05, 3.63) is 50.6 Å². The molecule has 1 fully saturated rings. The predicted octanol–water partition coefficient (Wildman–Crippen LogP) is 5.11. The zero-order valence-electron chi connectivity index (χ0n) is 17.7. The summed E-state index contributed by atoms with van der Waals surface area (Å²) in [5.41, 5.74) is -0.113. The number of nitrogens with zero attached hydrogens (tertiary/aromatic N) is 2. The van der Waals surface area contributed by atoms with Crippen LogP contribution in [-0.2, 0) is 23.8 Å². The van der Waals surface area contributed by atoms with E-state index in [1.807, 2.05) is 0 Å². The lowest BCUT2D eigenvalue weighted by atomic mass is 9.97. The number of alkyl halides is 3. The molecule has 3 aromatic rings. The topological polar surface area (TPSA) is 64.0 Å². The first kappa shape index (κ1) is 22.5. The molecule has 1 amide bonds. The summed E-state index contributed by atoms with van der Waals surface area (Å²) >= 11 is 2.65. The van der Waals surface area contributed by atoms with Crippen molar-refractivity contribution in [1.29, 1.82) is 0 Å². The summed E-state index contributed by atoms with van der Waals surface area (Å²) in [6.07, 6.45) is 1.47. The van der Waals surface area contributed by atoms with Crippen molar-refractivity contribution < 1.29 is 18.0 Å². The van der Waals surface area contributed by atoms with E-state index in [1.165, 1.54) is 28.0 Å². The predicted molar refractivity (Wildman–Crippen MR) is 123 cm³/mol. The molecule has 5 nitrogen and oxygen atoms in total. The van der Waals surface area contributed by atoms with Gasteiger partial charge in [0, 0.05) is 11.4 Å². The molecule has 0 radical (unpaired) electrons. The van der Waals surface area contributed by atoms with Crippen LogP contribution < -0.4 is 10.9 Å². The van der Waals surface area contributed by atoms with Crippen LogP contribution in [0.5, 0.6) is 0 Å². The largest absolute Gasteiger partial charge is 0.416 e. The van der Waals surface area contributed by atoms with Gasteiger partial charge in [0.2, 0.25) is 5.91 Å². The van der Waals surface area contributed by atoms with E-state index in [2.05, 4.69) is 5.32 Å². The number of thioether (sulfide) groups is 1. The lowest BCUT2D eigenvalue weighted by Crippen LogP contribution is -2.31. The van der Waals surface area contributed by atoms with E-state index in [4.69, 9.17) is 4.98 Å². The molecule has 1 atom stereocenters. The van der Waals surface area contributed by atoms with Crippen molar-refractivity contribution in [2.75, 3.05) is 6.54 Å². The molecule has 0 spiro atoms. The second-order valence-corrected chi connectivity index (χ2v) is 10.6. The fourth-order valence-electron chi connectivity index (χ4n) is 4.47. The Morgan fingerprint density at radius 2 is 1.94 bits per heavy atom. The van der Waals surface area contributed by atoms with Crippen molar-refractivity contribution in [1.82, 2.24) is 14.9 Å². The van der Waals surface area contributed by atoms with Crippen molar-refractivity contribution in [3.63, 3.8) is 0 Å². The van der Waals surface area contributed by atoms with Crippen LogP contribution in [0.2, 0.25) is 0 Å². The fourth-order valence-corrected chi connectivity index (χ4v) is 6.94. The number of carbonyl (C=O) groups is 1. The summed E-state index contributed by atoms with van der Waals surface area (Å²) in [6.45, 7) is 0.598. The molecule has 2 aliphatic rings. The van der Waals surface area contributed by atoms with Gasteiger partial charge in [-0.15, -0.1) is 11.3 Å². The highest BCUT2D eigenvalue weighted by Crippen LogP contribution is 2.37. The number of rotatable bonds is 3. The van der Waals surface area contributed by atoms with E-state index in [1.54, 1.807) is 0 Å². The van der Waals surface area contributed by atoms with E-state index in [-0.39, 0.29) is 22.3 Å². The Labute approximate surface area is 196 Å². The Morgan fingerprint density at radius 3 is 2.76 bits per heavy atom. The minimum absolute atomic E-state index is 0.108. The summed E-state index contributed by atoms with van der Waals surface area (Å²) in [7, 11) is 0. The van der Waals surface area contributed by atoms with Gasteiger partial charge in [-0.2, -0.15) is 13.2 Å². The molecule has 5 rings (SSSR count). The average Bonchev–Trinajstić information content (AvgIpc) is 3.04. The van der Waals surface area contributed by atoms with E-state index in [0.29, 0.717) is 23.2 Å². The van der Waals surface area contributed by atoms with Gasteiger partial charge in [0.15, 0.2) is 5.16 Å². The van der Waals surface area contributed by atoms with Gasteiger partial charge >= 0.3 is 6.18 Å². The minimum Gasteiger partial charge on any atom is -0.355 e. The zero-order valence-corrected chi connectivity index (χ0v) is 19.3. The maximum atomic E-state index is 13.8. The maximum absolute atomic E-state index is 13.8. The third-order valence-electron chi connectivity index (χ3n) is 6.12. The molecule has 1 aliphatic carbocycles. The SMILES string of the molecule is O=C1NCCCCC1Sc1nc2sc3c(c2c(=O)n1-c1cccc(C(F)(F)F)c1)CCCC3. The first-order valence-electron chi connectivity index (χ1n) is 11.0. The molecule has 0 bridgehead atoms. The molecule has 33 heavy (non-hydrogen) atoms. The number of benzene rings is 1. The number of aromatic nitrogens is 2. The number of aryl methyl sites for hydroxylation is 2. The van der Waals surface area contributed by atoms with Crippen LogP contribution in [0.3, 0.4) is 0 Å². The van der Waals surface area contributed by atoms with E-state index >= 15 is 0 Å². The Hall–Kier alpha value is -2.33. The molecular weight excluding hydrogens is 471 g/mol. The molecular formula is C23H22F3N3O2S2. The molecule has 3 heterocycles. The van der Waals surface area contributed by atoms with Crippen molar-refractivity contribution >= 4 is 39.2 Å². The van der Waals surface area contributed by atoms with Crippen molar-refractivity contribution in [2.24, 2.45) is 0 Å². The number of thiophene rings is 1. The van der Waals surface area contributed by atoms with Crippen LogP contribution in [0, 0.1) is 0 Å². The third-order valence-corrected chi connectivity index (χ3v) is 8.53. The van der Waals surface area contributed by atoms with Crippen LogP contribution in [0.25, 0.3) is 15.9 Å². The highest BCUT2D eigenvalue weighted by atomic mass is 32.2. The van der Waals surface area contributed by atoms with Gasteiger partial charge in [-0.25, -0.2) is 4.98 Å². The fraction of sp³-hybridized carbons (Fsp3) is 0.435. The standard InChI is InChI=1S/C23H22F3N3O2S2/c24-23(25,26)13-6-5-7-14(12-13)29-21(31)18-15-8-1-2-9-16(15)32-20(18)28-22(29)33-17-10-3-4-11-27-19(17)30/h5-7,12,17H,1-4,8-11H2,(H,27,30). The second kappa shape index (κ2) is 8.79. The number of nitrogens with one attached hydrogen (secondary N) is 1. The normalized spacial score (nSPS) is 19.2. The van der Waals surface area contributed by atoms with E-state index in [0.717, 1.165) is 72.9 Å². The maximum Gasteiger partial charge on any atom is 0.416 e. The molecule has 174 valence electrons. The van der Waals surface area contributed by atoms with E-state index < -0.39 is 17.0 Å². The molecule has 1 saturated heterocycles. The molecule has 1 aliphatic heterocycles.